The number of nitrogens with zero attached hydrogens (tertiary/aromatic N) is 1. The average Bonchev–Trinajstić information content (AvgIpc) is 2.05. The first-order chi connectivity index (χ1) is 5.24. The Morgan fingerprint density at radius 2 is 2.27 bits per heavy atom. The molecule has 0 aliphatic carbocycles. The first-order valence-corrected chi connectivity index (χ1v) is 4.61. The Hall–Kier alpha value is -0.760. The minimum absolute atomic E-state index is 1.06. The monoisotopic (exact) mass is 165 g/mol. The predicted octanol–water partition coefficient (Wildman–Crippen LogP) is 2.84. The summed E-state index contributed by atoms with van der Waals surface area (Å²) < 4.78 is 0. The Kier molecular flexibility index (Phi) is 2.71. The van der Waals surface area contributed by atoms with Crippen LogP contribution in [0.4, 0.5) is 0 Å². The van der Waals surface area contributed by atoms with E-state index in [9.17, 15) is 0 Å². The van der Waals surface area contributed by atoms with E-state index in [1.165, 1.54) is 4.90 Å². The highest BCUT2D eigenvalue weighted by atomic mass is 32.2. The van der Waals surface area contributed by atoms with Crippen LogP contribution in [0, 0.1) is 0 Å². The summed E-state index contributed by atoms with van der Waals surface area (Å²) >= 11 is 1.70. The van der Waals surface area contributed by atoms with Crippen LogP contribution in [-0.2, 0) is 0 Å². The molecule has 2 heteroatoms. The third-order valence-corrected chi connectivity index (χ3v) is 2.14. The van der Waals surface area contributed by atoms with Crippen molar-refractivity contribution in [2.45, 2.75) is 11.8 Å². The lowest BCUT2D eigenvalue weighted by atomic mass is 10.2. The van der Waals surface area contributed by atoms with Crippen molar-refractivity contribution >= 4 is 17.3 Å². The zero-order valence-electron chi connectivity index (χ0n) is 6.79. The maximum Gasteiger partial charge on any atom is 0.0404 e. The Balaban J connectivity index is 3.01. The van der Waals surface area contributed by atoms with E-state index in [0.29, 0.717) is 0 Å². The van der Waals surface area contributed by atoms with Crippen molar-refractivity contribution in [3.63, 3.8) is 0 Å². The molecule has 0 amide bonds. The summed E-state index contributed by atoms with van der Waals surface area (Å²) in [6, 6.07) is 2.10. The number of pyridine rings is 1. The number of aromatic nitrogens is 1. The van der Waals surface area contributed by atoms with Gasteiger partial charge >= 0.3 is 0 Å². The summed E-state index contributed by atoms with van der Waals surface area (Å²) in [6.45, 7) is 5.84. The molecular formula is C9H11NS. The van der Waals surface area contributed by atoms with Gasteiger partial charge in [0.05, 0.1) is 0 Å². The second kappa shape index (κ2) is 3.58. The maximum absolute atomic E-state index is 4.10. The van der Waals surface area contributed by atoms with Gasteiger partial charge < -0.3 is 0 Å². The molecular weight excluding hydrogens is 154 g/mol. The lowest BCUT2D eigenvalue weighted by molar-refractivity contribution is 1.22. The summed E-state index contributed by atoms with van der Waals surface area (Å²) in [5.74, 6) is 0. The van der Waals surface area contributed by atoms with E-state index in [2.05, 4.69) is 17.6 Å². The van der Waals surface area contributed by atoms with Gasteiger partial charge in [-0.25, -0.2) is 0 Å². The molecule has 1 aromatic heterocycles. The van der Waals surface area contributed by atoms with Gasteiger partial charge in [0.25, 0.3) is 0 Å². The van der Waals surface area contributed by atoms with Gasteiger partial charge in [-0.1, -0.05) is 6.58 Å². The molecule has 1 rings (SSSR count). The molecule has 0 radical (unpaired) electrons. The number of thioether (sulfide) groups is 1. The fraction of sp³-hybridized carbons (Fsp3) is 0.222. The SMILES string of the molecule is C=C(C)c1cncc(SC)c1. The van der Waals surface area contributed by atoms with Crippen LogP contribution in [0.25, 0.3) is 5.57 Å². The van der Waals surface area contributed by atoms with E-state index in [0.717, 1.165) is 11.1 Å². The number of hydrogen-bond acceptors (Lipinski definition) is 2. The first-order valence-electron chi connectivity index (χ1n) is 3.39. The van der Waals surface area contributed by atoms with Gasteiger partial charge in [0.1, 0.15) is 0 Å². The molecule has 0 unspecified atom stereocenters. The maximum atomic E-state index is 4.10. The van der Waals surface area contributed by atoms with Gasteiger partial charge in [-0.15, -0.1) is 11.8 Å². The standard InChI is InChI=1S/C9H11NS/c1-7(2)8-4-9(11-3)6-10-5-8/h4-6H,1H2,2-3H3. The molecule has 1 heterocycles. The van der Waals surface area contributed by atoms with E-state index in [-0.39, 0.29) is 0 Å². The smallest absolute Gasteiger partial charge is 0.0404 e. The van der Waals surface area contributed by atoms with Crippen molar-refractivity contribution in [3.05, 3.63) is 30.6 Å². The molecule has 0 spiro atoms. The third-order valence-electron chi connectivity index (χ3n) is 1.44. The molecule has 0 N–H and O–H groups in total. The van der Waals surface area contributed by atoms with E-state index in [4.69, 9.17) is 0 Å². The van der Waals surface area contributed by atoms with Crippen LogP contribution in [0.1, 0.15) is 12.5 Å². The molecule has 0 atom stereocenters. The molecule has 58 valence electrons. The van der Waals surface area contributed by atoms with Crippen molar-refractivity contribution < 1.29 is 0 Å². The Labute approximate surface area is 71.5 Å². The average molecular weight is 165 g/mol. The van der Waals surface area contributed by atoms with E-state index < -0.39 is 0 Å². The predicted molar refractivity (Wildman–Crippen MR) is 50.7 cm³/mol. The largest absolute Gasteiger partial charge is 0.263 e. The van der Waals surface area contributed by atoms with Gasteiger partial charge in [-0.05, 0) is 30.4 Å². The summed E-state index contributed by atoms with van der Waals surface area (Å²) in [5.41, 5.74) is 2.19. The van der Waals surface area contributed by atoms with Gasteiger partial charge in [0.2, 0.25) is 0 Å². The quantitative estimate of drug-likeness (QED) is 0.625. The van der Waals surface area contributed by atoms with Crippen molar-refractivity contribution in [1.29, 1.82) is 0 Å². The Morgan fingerprint density at radius 1 is 1.55 bits per heavy atom. The fourth-order valence-electron chi connectivity index (χ4n) is 0.764. The van der Waals surface area contributed by atoms with Crippen LogP contribution >= 0.6 is 11.8 Å². The number of hydrogen-bond donors (Lipinski definition) is 0. The highest BCUT2D eigenvalue weighted by Crippen LogP contribution is 2.17. The zero-order valence-corrected chi connectivity index (χ0v) is 7.61. The lowest BCUT2D eigenvalue weighted by Gasteiger charge is -2.00. The minimum atomic E-state index is 1.06. The van der Waals surface area contributed by atoms with Crippen LogP contribution in [0.2, 0.25) is 0 Å². The molecule has 11 heavy (non-hydrogen) atoms. The molecule has 0 aromatic carbocycles. The first kappa shape index (κ1) is 8.34. The molecule has 0 bridgehead atoms. The lowest BCUT2D eigenvalue weighted by Crippen LogP contribution is -1.81. The molecule has 1 aromatic rings. The van der Waals surface area contributed by atoms with Crippen molar-refractivity contribution in [2.24, 2.45) is 0 Å². The van der Waals surface area contributed by atoms with Crippen LogP contribution in [0.5, 0.6) is 0 Å². The van der Waals surface area contributed by atoms with Crippen molar-refractivity contribution in [3.8, 4) is 0 Å². The van der Waals surface area contributed by atoms with Crippen molar-refractivity contribution in [2.75, 3.05) is 6.26 Å². The molecule has 1 nitrogen and oxygen atoms in total. The minimum Gasteiger partial charge on any atom is -0.263 e. The van der Waals surface area contributed by atoms with E-state index >= 15 is 0 Å². The second-order valence-corrected chi connectivity index (χ2v) is 3.27. The van der Waals surface area contributed by atoms with E-state index in [1.54, 1.807) is 11.8 Å². The highest BCUT2D eigenvalue weighted by molar-refractivity contribution is 7.98. The van der Waals surface area contributed by atoms with Gasteiger partial charge in [0.15, 0.2) is 0 Å². The highest BCUT2D eigenvalue weighted by Gasteiger charge is 1.94. The van der Waals surface area contributed by atoms with Crippen LogP contribution in [0.3, 0.4) is 0 Å². The summed E-state index contributed by atoms with van der Waals surface area (Å²) in [5, 5.41) is 0. The van der Waals surface area contributed by atoms with Gasteiger partial charge in [-0.3, -0.25) is 4.98 Å². The molecule has 0 saturated carbocycles. The molecule has 0 fully saturated rings. The Bertz CT molecular complexity index is 268. The second-order valence-electron chi connectivity index (χ2n) is 2.39. The fourth-order valence-corrected chi connectivity index (χ4v) is 1.17. The third kappa shape index (κ3) is 2.09. The number of allylic oxidation sites excluding steroid dienone is 1. The van der Waals surface area contributed by atoms with Crippen LogP contribution in [0.15, 0.2) is 29.9 Å². The molecule has 0 aliphatic heterocycles. The Morgan fingerprint density at radius 3 is 2.82 bits per heavy atom. The molecule has 0 aliphatic rings. The van der Waals surface area contributed by atoms with Gasteiger partial charge in [-0.2, -0.15) is 0 Å². The zero-order chi connectivity index (χ0) is 8.27. The van der Waals surface area contributed by atoms with Crippen LogP contribution < -0.4 is 0 Å². The molecule has 0 saturated heterocycles. The summed E-state index contributed by atoms with van der Waals surface area (Å²) in [6.07, 6.45) is 5.73. The van der Waals surface area contributed by atoms with Gasteiger partial charge in [0, 0.05) is 17.3 Å². The summed E-state index contributed by atoms with van der Waals surface area (Å²) in [7, 11) is 0. The topological polar surface area (TPSA) is 12.9 Å². The number of rotatable bonds is 2. The summed E-state index contributed by atoms with van der Waals surface area (Å²) in [4.78, 5) is 5.28. The van der Waals surface area contributed by atoms with Crippen molar-refractivity contribution in [1.82, 2.24) is 4.98 Å². The van der Waals surface area contributed by atoms with E-state index in [1.807, 2.05) is 25.6 Å². The van der Waals surface area contributed by atoms with Crippen LogP contribution in [-0.4, -0.2) is 11.2 Å². The normalized spacial score (nSPS) is 9.64.